The van der Waals surface area contributed by atoms with E-state index in [0.717, 1.165) is 32.4 Å². The van der Waals surface area contributed by atoms with Crippen molar-refractivity contribution in [1.82, 2.24) is 19.7 Å². The molecule has 3 heterocycles. The summed E-state index contributed by atoms with van der Waals surface area (Å²) in [6.07, 6.45) is 10.1. The number of hydrogen-bond acceptors (Lipinski definition) is 3. The number of pyridine rings is 1. The molecule has 3 rings (SSSR count). The third kappa shape index (κ3) is 3.03. The van der Waals surface area contributed by atoms with Gasteiger partial charge in [-0.1, -0.05) is 6.92 Å². The molecule has 0 bridgehead atoms. The summed E-state index contributed by atoms with van der Waals surface area (Å²) in [5, 5.41) is 4.23. The van der Waals surface area contributed by atoms with Crippen LogP contribution in [0.3, 0.4) is 0 Å². The lowest BCUT2D eigenvalue weighted by atomic mass is 9.90. The molecule has 0 aromatic carbocycles. The van der Waals surface area contributed by atoms with Gasteiger partial charge in [-0.15, -0.1) is 0 Å². The second-order valence-electron chi connectivity index (χ2n) is 5.79. The maximum Gasteiger partial charge on any atom is 0.247 e. The van der Waals surface area contributed by atoms with Gasteiger partial charge in [-0.2, -0.15) is 5.10 Å². The number of carbonyl (C=O) groups is 1. The summed E-state index contributed by atoms with van der Waals surface area (Å²) in [5.74, 6) is 0.733. The van der Waals surface area contributed by atoms with Crippen LogP contribution in [0.1, 0.15) is 43.7 Å². The molecule has 0 unspecified atom stereocenters. The van der Waals surface area contributed by atoms with Crippen LogP contribution < -0.4 is 0 Å². The Morgan fingerprint density at radius 3 is 2.59 bits per heavy atom. The van der Waals surface area contributed by atoms with E-state index >= 15 is 0 Å². The molecule has 2 aromatic rings. The second-order valence-corrected chi connectivity index (χ2v) is 5.79. The molecule has 5 heteroatoms. The Kier molecular flexibility index (Phi) is 4.51. The molecule has 2 aromatic heterocycles. The molecular formula is C17H22N4O. The molecule has 22 heavy (non-hydrogen) atoms. The van der Waals surface area contributed by atoms with E-state index in [2.05, 4.69) is 22.2 Å². The zero-order valence-electron chi connectivity index (χ0n) is 12.9. The number of carbonyl (C=O) groups excluding carboxylic acids is 1. The Bertz CT molecular complexity index is 588. The number of likely N-dealkylation sites (tertiary alicyclic amines) is 1. The maximum absolute atomic E-state index is 12.7. The van der Waals surface area contributed by atoms with Crippen molar-refractivity contribution in [2.75, 3.05) is 13.1 Å². The van der Waals surface area contributed by atoms with Gasteiger partial charge >= 0.3 is 0 Å². The van der Waals surface area contributed by atoms with E-state index in [4.69, 9.17) is 0 Å². The van der Waals surface area contributed by atoms with Crippen LogP contribution in [-0.2, 0) is 4.79 Å². The van der Waals surface area contributed by atoms with Crippen molar-refractivity contribution >= 4 is 5.91 Å². The van der Waals surface area contributed by atoms with E-state index in [1.165, 1.54) is 5.56 Å². The quantitative estimate of drug-likeness (QED) is 0.872. The SMILES string of the molecule is CC[C@H](C(=O)N1CCC(c2ccncc2)CC1)n1cccn1. The topological polar surface area (TPSA) is 51.0 Å². The van der Waals surface area contributed by atoms with Crippen molar-refractivity contribution in [1.29, 1.82) is 0 Å². The average Bonchev–Trinajstić information content (AvgIpc) is 3.11. The molecule has 1 amide bonds. The molecule has 1 aliphatic heterocycles. The van der Waals surface area contributed by atoms with E-state index in [1.54, 1.807) is 10.9 Å². The lowest BCUT2D eigenvalue weighted by Gasteiger charge is -2.34. The fourth-order valence-electron chi connectivity index (χ4n) is 3.22. The van der Waals surface area contributed by atoms with Crippen LogP contribution in [-0.4, -0.2) is 38.7 Å². The van der Waals surface area contributed by atoms with Crippen LogP contribution in [0.4, 0.5) is 0 Å². The van der Waals surface area contributed by atoms with Crippen molar-refractivity contribution in [2.45, 2.75) is 38.1 Å². The van der Waals surface area contributed by atoms with Gasteiger partial charge in [0.05, 0.1) is 0 Å². The number of piperidine rings is 1. The fraction of sp³-hybridized carbons (Fsp3) is 0.471. The number of hydrogen-bond donors (Lipinski definition) is 0. The normalized spacial score (nSPS) is 17.4. The van der Waals surface area contributed by atoms with Crippen LogP contribution in [0.25, 0.3) is 0 Å². The highest BCUT2D eigenvalue weighted by molar-refractivity contribution is 5.80. The van der Waals surface area contributed by atoms with Crippen LogP contribution in [0.2, 0.25) is 0 Å². The Morgan fingerprint density at radius 1 is 1.27 bits per heavy atom. The zero-order valence-corrected chi connectivity index (χ0v) is 12.9. The molecular weight excluding hydrogens is 276 g/mol. The lowest BCUT2D eigenvalue weighted by molar-refractivity contribution is -0.136. The van der Waals surface area contributed by atoms with E-state index in [9.17, 15) is 4.79 Å². The fourth-order valence-corrected chi connectivity index (χ4v) is 3.22. The molecule has 5 nitrogen and oxygen atoms in total. The van der Waals surface area contributed by atoms with E-state index < -0.39 is 0 Å². The molecule has 1 aliphatic rings. The molecule has 0 N–H and O–H groups in total. The standard InChI is InChI=1S/C17H22N4O/c1-2-16(21-11-3-8-19-21)17(22)20-12-6-15(7-13-20)14-4-9-18-10-5-14/h3-5,8-11,15-16H,2,6-7,12-13H2,1H3/t16-/m1/s1. The Morgan fingerprint density at radius 2 is 2.00 bits per heavy atom. The van der Waals surface area contributed by atoms with Crippen molar-refractivity contribution in [3.8, 4) is 0 Å². The summed E-state index contributed by atoms with van der Waals surface area (Å²) >= 11 is 0. The van der Waals surface area contributed by atoms with Gasteiger partial charge in [0, 0.05) is 37.9 Å². The molecule has 1 saturated heterocycles. The first-order valence-electron chi connectivity index (χ1n) is 7.97. The molecule has 0 spiro atoms. The minimum Gasteiger partial charge on any atom is -0.341 e. The van der Waals surface area contributed by atoms with Crippen molar-refractivity contribution in [3.05, 3.63) is 48.5 Å². The first-order valence-corrected chi connectivity index (χ1v) is 7.97. The van der Waals surface area contributed by atoms with Crippen molar-refractivity contribution in [2.24, 2.45) is 0 Å². The minimum absolute atomic E-state index is 0.174. The van der Waals surface area contributed by atoms with Crippen LogP contribution >= 0.6 is 0 Å². The predicted molar refractivity (Wildman–Crippen MR) is 84.3 cm³/mol. The van der Waals surface area contributed by atoms with Crippen LogP contribution in [0.5, 0.6) is 0 Å². The molecule has 116 valence electrons. The first-order chi connectivity index (χ1) is 10.8. The highest BCUT2D eigenvalue weighted by Gasteiger charge is 2.28. The monoisotopic (exact) mass is 298 g/mol. The van der Waals surface area contributed by atoms with E-state index in [1.807, 2.05) is 36.5 Å². The third-order valence-corrected chi connectivity index (χ3v) is 4.50. The molecule has 1 atom stereocenters. The third-order valence-electron chi connectivity index (χ3n) is 4.50. The molecule has 0 saturated carbocycles. The minimum atomic E-state index is -0.174. The second kappa shape index (κ2) is 6.73. The first kappa shape index (κ1) is 14.8. The molecule has 1 fully saturated rings. The van der Waals surface area contributed by atoms with E-state index in [0.29, 0.717) is 5.92 Å². The smallest absolute Gasteiger partial charge is 0.247 e. The highest BCUT2D eigenvalue weighted by Crippen LogP contribution is 2.28. The molecule has 0 aliphatic carbocycles. The summed E-state index contributed by atoms with van der Waals surface area (Å²) in [6, 6.07) is 5.86. The van der Waals surface area contributed by atoms with Gasteiger partial charge in [-0.05, 0) is 48.9 Å². The van der Waals surface area contributed by atoms with Gasteiger partial charge in [0.25, 0.3) is 0 Å². The van der Waals surface area contributed by atoms with Gasteiger partial charge in [-0.25, -0.2) is 0 Å². The van der Waals surface area contributed by atoms with Crippen molar-refractivity contribution < 1.29 is 4.79 Å². The van der Waals surface area contributed by atoms with Gasteiger partial charge in [0.15, 0.2) is 0 Å². The number of aromatic nitrogens is 3. The summed E-state index contributed by atoms with van der Waals surface area (Å²) in [7, 11) is 0. The Hall–Kier alpha value is -2.17. The predicted octanol–water partition coefficient (Wildman–Crippen LogP) is 2.64. The van der Waals surface area contributed by atoms with Gasteiger partial charge in [0.2, 0.25) is 5.91 Å². The zero-order chi connectivity index (χ0) is 15.4. The van der Waals surface area contributed by atoms with E-state index in [-0.39, 0.29) is 11.9 Å². The summed E-state index contributed by atoms with van der Waals surface area (Å²) in [5.41, 5.74) is 1.33. The van der Waals surface area contributed by atoms with Gasteiger partial charge in [-0.3, -0.25) is 14.5 Å². The van der Waals surface area contributed by atoms with Gasteiger partial charge in [0.1, 0.15) is 6.04 Å². The molecule has 0 radical (unpaired) electrons. The van der Waals surface area contributed by atoms with Crippen LogP contribution in [0.15, 0.2) is 43.0 Å². The number of rotatable bonds is 4. The Balaban J connectivity index is 1.62. The summed E-state index contributed by atoms with van der Waals surface area (Å²) < 4.78 is 1.78. The highest BCUT2D eigenvalue weighted by atomic mass is 16.2. The summed E-state index contributed by atoms with van der Waals surface area (Å²) in [4.78, 5) is 18.8. The Labute approximate surface area is 131 Å². The van der Waals surface area contributed by atoms with Crippen molar-refractivity contribution in [3.63, 3.8) is 0 Å². The lowest BCUT2D eigenvalue weighted by Crippen LogP contribution is -2.42. The van der Waals surface area contributed by atoms with Gasteiger partial charge < -0.3 is 4.90 Å². The van der Waals surface area contributed by atoms with Crippen LogP contribution in [0, 0.1) is 0 Å². The largest absolute Gasteiger partial charge is 0.341 e. The number of nitrogens with zero attached hydrogens (tertiary/aromatic N) is 4. The summed E-state index contributed by atoms with van der Waals surface area (Å²) in [6.45, 7) is 3.68. The number of amides is 1. The average molecular weight is 298 g/mol. The maximum atomic E-state index is 12.7.